The van der Waals surface area contributed by atoms with Crippen LogP contribution >= 0.6 is 0 Å². The minimum absolute atomic E-state index is 0.0577. The molecule has 2 N–H and O–H groups in total. The molecule has 1 aromatic carbocycles. The van der Waals surface area contributed by atoms with Gasteiger partial charge in [-0.25, -0.2) is 4.39 Å². The fourth-order valence-corrected chi connectivity index (χ4v) is 2.67. The Balaban J connectivity index is 2.41. The summed E-state index contributed by atoms with van der Waals surface area (Å²) in [5.41, 5.74) is 6.71. The molecule has 1 saturated carbocycles. The summed E-state index contributed by atoms with van der Waals surface area (Å²) in [5, 5.41) is 0. The SMILES string of the molecule is COc1c(F)cccc1C1(CCN)CCC1. The van der Waals surface area contributed by atoms with Gasteiger partial charge in [-0.1, -0.05) is 18.6 Å². The van der Waals surface area contributed by atoms with Crippen molar-refractivity contribution >= 4 is 0 Å². The van der Waals surface area contributed by atoms with E-state index in [1.54, 1.807) is 6.07 Å². The van der Waals surface area contributed by atoms with Gasteiger partial charge >= 0.3 is 0 Å². The van der Waals surface area contributed by atoms with Gasteiger partial charge in [-0.2, -0.15) is 0 Å². The minimum atomic E-state index is -0.275. The van der Waals surface area contributed by atoms with E-state index in [9.17, 15) is 4.39 Å². The van der Waals surface area contributed by atoms with Gasteiger partial charge in [0.25, 0.3) is 0 Å². The molecule has 16 heavy (non-hydrogen) atoms. The molecule has 1 aromatic rings. The number of methoxy groups -OCH3 is 1. The van der Waals surface area contributed by atoms with Crippen molar-refractivity contribution in [3.63, 3.8) is 0 Å². The zero-order valence-electron chi connectivity index (χ0n) is 9.63. The maximum Gasteiger partial charge on any atom is 0.165 e. The predicted octanol–water partition coefficient (Wildman–Crippen LogP) is 2.60. The van der Waals surface area contributed by atoms with Gasteiger partial charge in [-0.3, -0.25) is 0 Å². The highest BCUT2D eigenvalue weighted by molar-refractivity contribution is 5.42. The molecule has 0 unspecified atom stereocenters. The predicted molar refractivity (Wildman–Crippen MR) is 62.2 cm³/mol. The van der Waals surface area contributed by atoms with E-state index in [0.29, 0.717) is 12.3 Å². The summed E-state index contributed by atoms with van der Waals surface area (Å²) in [6.07, 6.45) is 4.28. The summed E-state index contributed by atoms with van der Waals surface area (Å²) < 4.78 is 18.8. The Kier molecular flexibility index (Phi) is 3.15. The van der Waals surface area contributed by atoms with Crippen molar-refractivity contribution in [3.05, 3.63) is 29.6 Å². The Morgan fingerprint density at radius 3 is 2.69 bits per heavy atom. The van der Waals surface area contributed by atoms with Crippen LogP contribution in [0, 0.1) is 5.82 Å². The van der Waals surface area contributed by atoms with Crippen LogP contribution in [0.1, 0.15) is 31.2 Å². The highest BCUT2D eigenvalue weighted by atomic mass is 19.1. The molecule has 0 amide bonds. The van der Waals surface area contributed by atoms with Gasteiger partial charge in [0.1, 0.15) is 0 Å². The number of rotatable bonds is 4. The molecule has 88 valence electrons. The Morgan fingerprint density at radius 1 is 1.44 bits per heavy atom. The molecular weight excluding hydrogens is 205 g/mol. The maximum absolute atomic E-state index is 13.6. The lowest BCUT2D eigenvalue weighted by Crippen LogP contribution is -2.36. The van der Waals surface area contributed by atoms with Crippen LogP contribution in [-0.2, 0) is 5.41 Å². The molecule has 1 fully saturated rings. The van der Waals surface area contributed by atoms with Gasteiger partial charge in [0, 0.05) is 11.0 Å². The molecule has 0 aromatic heterocycles. The maximum atomic E-state index is 13.6. The summed E-state index contributed by atoms with van der Waals surface area (Å²) in [6, 6.07) is 5.16. The molecule has 2 nitrogen and oxygen atoms in total. The second-order valence-electron chi connectivity index (χ2n) is 4.49. The molecular formula is C13H18FNO. The number of ether oxygens (including phenoxy) is 1. The van der Waals surface area contributed by atoms with Crippen LogP contribution < -0.4 is 10.5 Å². The highest BCUT2D eigenvalue weighted by Gasteiger charge is 2.40. The molecule has 0 saturated heterocycles. The van der Waals surface area contributed by atoms with E-state index in [1.807, 2.05) is 6.07 Å². The van der Waals surface area contributed by atoms with Crippen LogP contribution in [0.2, 0.25) is 0 Å². The van der Waals surface area contributed by atoms with E-state index in [0.717, 1.165) is 24.8 Å². The van der Waals surface area contributed by atoms with Crippen molar-refractivity contribution in [1.29, 1.82) is 0 Å². The van der Waals surface area contributed by atoms with E-state index in [1.165, 1.54) is 19.6 Å². The molecule has 1 aliphatic rings. The van der Waals surface area contributed by atoms with Crippen molar-refractivity contribution in [3.8, 4) is 5.75 Å². The zero-order chi connectivity index (χ0) is 11.6. The normalized spacial score (nSPS) is 17.9. The first-order chi connectivity index (χ1) is 7.73. The van der Waals surface area contributed by atoms with Gasteiger partial charge in [0.05, 0.1) is 7.11 Å². The second-order valence-corrected chi connectivity index (χ2v) is 4.49. The molecule has 0 spiro atoms. The van der Waals surface area contributed by atoms with E-state index in [4.69, 9.17) is 10.5 Å². The number of para-hydroxylation sites is 1. The summed E-state index contributed by atoms with van der Waals surface area (Å²) in [5.74, 6) is 0.124. The van der Waals surface area contributed by atoms with Gasteiger partial charge in [0.15, 0.2) is 11.6 Å². The van der Waals surface area contributed by atoms with Crippen molar-refractivity contribution in [2.75, 3.05) is 13.7 Å². The molecule has 0 aliphatic heterocycles. The summed E-state index contributed by atoms with van der Waals surface area (Å²) in [7, 11) is 1.52. The van der Waals surface area contributed by atoms with Gasteiger partial charge in [-0.05, 0) is 31.9 Å². The number of hydrogen-bond acceptors (Lipinski definition) is 2. The largest absolute Gasteiger partial charge is 0.493 e. The third-order valence-corrected chi connectivity index (χ3v) is 3.68. The number of halogens is 1. The Bertz CT molecular complexity index is 374. The quantitative estimate of drug-likeness (QED) is 0.851. The van der Waals surface area contributed by atoms with Crippen molar-refractivity contribution in [1.82, 2.24) is 0 Å². The van der Waals surface area contributed by atoms with Crippen molar-refractivity contribution in [2.45, 2.75) is 31.1 Å². The first kappa shape index (κ1) is 11.4. The van der Waals surface area contributed by atoms with Gasteiger partial charge in [-0.15, -0.1) is 0 Å². The molecule has 0 bridgehead atoms. The number of hydrogen-bond donors (Lipinski definition) is 1. The molecule has 1 aliphatic carbocycles. The van der Waals surface area contributed by atoms with E-state index in [2.05, 4.69) is 0 Å². The summed E-state index contributed by atoms with van der Waals surface area (Å²) >= 11 is 0. The molecule has 0 heterocycles. The lowest BCUT2D eigenvalue weighted by molar-refractivity contribution is 0.219. The monoisotopic (exact) mass is 223 g/mol. The third kappa shape index (κ3) is 1.69. The number of nitrogens with two attached hydrogens (primary N) is 1. The van der Waals surface area contributed by atoms with Gasteiger partial charge in [0.2, 0.25) is 0 Å². The topological polar surface area (TPSA) is 35.2 Å². The standard InChI is InChI=1S/C13H18FNO/c1-16-12-10(4-2-5-11(12)14)13(8-9-15)6-3-7-13/h2,4-5H,3,6-9,15H2,1H3. The third-order valence-electron chi connectivity index (χ3n) is 3.68. The lowest BCUT2D eigenvalue weighted by atomic mass is 9.62. The van der Waals surface area contributed by atoms with Crippen LogP contribution in [0.25, 0.3) is 0 Å². The van der Waals surface area contributed by atoms with E-state index in [-0.39, 0.29) is 11.2 Å². The Morgan fingerprint density at radius 2 is 2.19 bits per heavy atom. The second kappa shape index (κ2) is 4.42. The Hall–Kier alpha value is -1.09. The molecule has 2 rings (SSSR count). The first-order valence-electron chi connectivity index (χ1n) is 5.76. The molecule has 3 heteroatoms. The van der Waals surface area contributed by atoms with Crippen LogP contribution in [0.15, 0.2) is 18.2 Å². The van der Waals surface area contributed by atoms with Crippen molar-refractivity contribution < 1.29 is 9.13 Å². The molecule has 0 radical (unpaired) electrons. The van der Waals surface area contributed by atoms with Crippen molar-refractivity contribution in [2.24, 2.45) is 5.73 Å². The fraction of sp³-hybridized carbons (Fsp3) is 0.538. The van der Waals surface area contributed by atoms with E-state index >= 15 is 0 Å². The highest BCUT2D eigenvalue weighted by Crippen LogP contribution is 2.49. The van der Waals surface area contributed by atoms with Gasteiger partial charge < -0.3 is 10.5 Å². The summed E-state index contributed by atoms with van der Waals surface area (Å²) in [4.78, 5) is 0. The van der Waals surface area contributed by atoms with Crippen LogP contribution in [0.3, 0.4) is 0 Å². The molecule has 0 atom stereocenters. The smallest absolute Gasteiger partial charge is 0.165 e. The van der Waals surface area contributed by atoms with Crippen LogP contribution in [0.5, 0.6) is 5.75 Å². The minimum Gasteiger partial charge on any atom is -0.493 e. The summed E-state index contributed by atoms with van der Waals surface area (Å²) in [6.45, 7) is 0.639. The fourth-order valence-electron chi connectivity index (χ4n) is 2.67. The lowest BCUT2D eigenvalue weighted by Gasteiger charge is -2.43. The average molecular weight is 223 g/mol. The zero-order valence-corrected chi connectivity index (χ0v) is 9.63. The Labute approximate surface area is 95.6 Å². The van der Waals surface area contributed by atoms with Crippen LogP contribution in [0.4, 0.5) is 4.39 Å². The van der Waals surface area contributed by atoms with Crippen LogP contribution in [-0.4, -0.2) is 13.7 Å². The first-order valence-corrected chi connectivity index (χ1v) is 5.76. The average Bonchev–Trinajstić information content (AvgIpc) is 2.23. The van der Waals surface area contributed by atoms with E-state index < -0.39 is 0 Å². The number of benzene rings is 1.